The first-order chi connectivity index (χ1) is 9.63. The minimum absolute atomic E-state index is 0.243. The van der Waals surface area contributed by atoms with Crippen LogP contribution in [0.15, 0.2) is 22.7 Å². The number of aromatic hydroxyl groups is 1. The Morgan fingerprint density at radius 2 is 2.00 bits per heavy atom. The molecule has 0 aliphatic heterocycles. The zero-order valence-electron chi connectivity index (χ0n) is 12.3. The van der Waals surface area contributed by atoms with E-state index in [2.05, 4.69) is 28.9 Å². The zero-order valence-corrected chi connectivity index (χ0v) is 12.3. The molecule has 1 aromatic heterocycles. The van der Waals surface area contributed by atoms with Gasteiger partial charge in [0, 0.05) is 18.5 Å². The highest BCUT2D eigenvalue weighted by atomic mass is 16.5. The van der Waals surface area contributed by atoms with Gasteiger partial charge >= 0.3 is 0 Å². The molecule has 0 unspecified atom stereocenters. The van der Waals surface area contributed by atoms with Crippen LogP contribution in [0.3, 0.4) is 0 Å². The van der Waals surface area contributed by atoms with E-state index in [-0.39, 0.29) is 5.75 Å². The van der Waals surface area contributed by atoms with Crippen molar-refractivity contribution in [3.8, 4) is 17.2 Å². The van der Waals surface area contributed by atoms with Crippen LogP contribution in [0.2, 0.25) is 0 Å². The molecule has 0 amide bonds. The number of phenolic OH excluding ortho intramolecular Hbond substituents is 1. The molecule has 0 saturated heterocycles. The Balaban J connectivity index is 2.08. The summed E-state index contributed by atoms with van der Waals surface area (Å²) in [6, 6.07) is 5.11. The van der Waals surface area contributed by atoms with E-state index < -0.39 is 0 Å². The van der Waals surface area contributed by atoms with Gasteiger partial charge in [0.1, 0.15) is 5.75 Å². The quantitative estimate of drug-likeness (QED) is 0.878. The van der Waals surface area contributed by atoms with Gasteiger partial charge in [0.2, 0.25) is 0 Å². The van der Waals surface area contributed by atoms with Crippen LogP contribution < -0.4 is 0 Å². The van der Waals surface area contributed by atoms with Crippen LogP contribution in [-0.2, 0) is 6.42 Å². The standard InChI is InChI=1S/C15H21N3O2/c1-4-18(5-2)9-8-14-16-15(20-17-14)13-7-6-12(19)10-11(13)3/h6-7,10,19H,4-5,8-9H2,1-3H3. The van der Waals surface area contributed by atoms with E-state index in [1.54, 1.807) is 18.2 Å². The molecule has 0 spiro atoms. The highest BCUT2D eigenvalue weighted by Crippen LogP contribution is 2.24. The van der Waals surface area contributed by atoms with Crippen molar-refractivity contribution in [3.63, 3.8) is 0 Å². The van der Waals surface area contributed by atoms with E-state index in [1.807, 2.05) is 6.92 Å². The Labute approximate surface area is 119 Å². The molecule has 5 nitrogen and oxygen atoms in total. The van der Waals surface area contributed by atoms with Crippen molar-refractivity contribution >= 4 is 0 Å². The predicted molar refractivity (Wildman–Crippen MR) is 77.6 cm³/mol. The van der Waals surface area contributed by atoms with E-state index in [4.69, 9.17) is 4.52 Å². The maximum Gasteiger partial charge on any atom is 0.258 e. The largest absolute Gasteiger partial charge is 0.508 e. The summed E-state index contributed by atoms with van der Waals surface area (Å²) in [6.45, 7) is 9.18. The summed E-state index contributed by atoms with van der Waals surface area (Å²) in [4.78, 5) is 6.75. The Bertz CT molecular complexity index is 562. The van der Waals surface area contributed by atoms with Crippen molar-refractivity contribution in [2.45, 2.75) is 27.2 Å². The molecule has 2 rings (SSSR count). The topological polar surface area (TPSA) is 62.4 Å². The Hall–Kier alpha value is -1.88. The van der Waals surface area contributed by atoms with Gasteiger partial charge in [-0.05, 0) is 43.8 Å². The predicted octanol–water partition coefficient (Wildman–Crippen LogP) is 2.63. The van der Waals surface area contributed by atoms with Gasteiger partial charge in [0.15, 0.2) is 5.82 Å². The molecule has 5 heteroatoms. The molecule has 108 valence electrons. The lowest BCUT2D eigenvalue weighted by Crippen LogP contribution is -2.25. The summed E-state index contributed by atoms with van der Waals surface area (Å²) in [5.41, 5.74) is 1.79. The molecule has 0 radical (unpaired) electrons. The van der Waals surface area contributed by atoms with Crippen molar-refractivity contribution in [2.24, 2.45) is 0 Å². The Kier molecular flexibility index (Phi) is 4.74. The number of benzene rings is 1. The second-order valence-electron chi connectivity index (χ2n) is 4.79. The number of aromatic nitrogens is 2. The number of hydrogen-bond acceptors (Lipinski definition) is 5. The van der Waals surface area contributed by atoms with Crippen LogP contribution in [0, 0.1) is 6.92 Å². The normalized spacial score (nSPS) is 11.2. The lowest BCUT2D eigenvalue weighted by Gasteiger charge is -2.16. The van der Waals surface area contributed by atoms with Crippen molar-refractivity contribution < 1.29 is 9.63 Å². The van der Waals surface area contributed by atoms with Crippen molar-refractivity contribution in [1.82, 2.24) is 15.0 Å². The third-order valence-corrected chi connectivity index (χ3v) is 3.45. The third-order valence-electron chi connectivity index (χ3n) is 3.45. The fraction of sp³-hybridized carbons (Fsp3) is 0.467. The van der Waals surface area contributed by atoms with Gasteiger partial charge in [-0.2, -0.15) is 4.98 Å². The zero-order chi connectivity index (χ0) is 14.5. The van der Waals surface area contributed by atoms with Crippen molar-refractivity contribution in [2.75, 3.05) is 19.6 Å². The van der Waals surface area contributed by atoms with E-state index in [1.165, 1.54) is 0 Å². The summed E-state index contributed by atoms with van der Waals surface area (Å²) in [5, 5.41) is 13.4. The summed E-state index contributed by atoms with van der Waals surface area (Å²) in [5.74, 6) is 1.48. The van der Waals surface area contributed by atoms with Gasteiger partial charge in [0.25, 0.3) is 5.89 Å². The Morgan fingerprint density at radius 1 is 1.25 bits per heavy atom. The highest BCUT2D eigenvalue weighted by Gasteiger charge is 2.12. The molecule has 0 fully saturated rings. The lowest BCUT2D eigenvalue weighted by atomic mass is 10.1. The van der Waals surface area contributed by atoms with Crippen LogP contribution in [0.4, 0.5) is 0 Å². The summed E-state index contributed by atoms with van der Waals surface area (Å²) in [7, 11) is 0. The van der Waals surface area contributed by atoms with E-state index >= 15 is 0 Å². The van der Waals surface area contributed by atoms with Gasteiger partial charge in [-0.25, -0.2) is 0 Å². The van der Waals surface area contributed by atoms with Crippen LogP contribution in [-0.4, -0.2) is 39.8 Å². The molecular weight excluding hydrogens is 254 g/mol. The molecule has 0 aliphatic carbocycles. The summed E-state index contributed by atoms with van der Waals surface area (Å²) >= 11 is 0. The number of likely N-dealkylation sites (N-methyl/N-ethyl adjacent to an activating group) is 1. The van der Waals surface area contributed by atoms with Gasteiger partial charge in [-0.15, -0.1) is 0 Å². The first-order valence-corrected chi connectivity index (χ1v) is 6.99. The average molecular weight is 275 g/mol. The first kappa shape index (κ1) is 14.5. The molecule has 0 bridgehead atoms. The number of nitrogens with zero attached hydrogens (tertiary/aromatic N) is 3. The van der Waals surface area contributed by atoms with Crippen molar-refractivity contribution in [1.29, 1.82) is 0 Å². The first-order valence-electron chi connectivity index (χ1n) is 6.99. The highest BCUT2D eigenvalue weighted by molar-refractivity contribution is 5.59. The fourth-order valence-corrected chi connectivity index (χ4v) is 2.15. The molecule has 0 aliphatic rings. The maximum atomic E-state index is 9.42. The second-order valence-corrected chi connectivity index (χ2v) is 4.79. The summed E-state index contributed by atoms with van der Waals surface area (Å²) in [6.07, 6.45) is 0.780. The van der Waals surface area contributed by atoms with E-state index in [0.29, 0.717) is 5.89 Å². The van der Waals surface area contributed by atoms with Gasteiger partial charge in [-0.1, -0.05) is 19.0 Å². The monoisotopic (exact) mass is 275 g/mol. The minimum Gasteiger partial charge on any atom is -0.508 e. The number of rotatable bonds is 6. The van der Waals surface area contributed by atoms with E-state index in [0.717, 1.165) is 43.0 Å². The summed E-state index contributed by atoms with van der Waals surface area (Å²) < 4.78 is 5.31. The smallest absolute Gasteiger partial charge is 0.258 e. The van der Waals surface area contributed by atoms with Crippen LogP contribution in [0.1, 0.15) is 25.2 Å². The number of phenols is 1. The fourth-order valence-electron chi connectivity index (χ4n) is 2.15. The number of hydrogen-bond donors (Lipinski definition) is 1. The lowest BCUT2D eigenvalue weighted by molar-refractivity contribution is 0.303. The maximum absolute atomic E-state index is 9.42. The average Bonchev–Trinajstić information content (AvgIpc) is 2.88. The Morgan fingerprint density at radius 3 is 2.65 bits per heavy atom. The molecular formula is C15H21N3O2. The molecule has 1 heterocycles. The molecule has 2 aromatic rings. The molecule has 1 N–H and O–H groups in total. The van der Waals surface area contributed by atoms with Crippen LogP contribution >= 0.6 is 0 Å². The van der Waals surface area contributed by atoms with Gasteiger partial charge in [-0.3, -0.25) is 0 Å². The van der Waals surface area contributed by atoms with Crippen LogP contribution in [0.25, 0.3) is 11.5 Å². The molecule has 1 aromatic carbocycles. The molecule has 0 saturated carbocycles. The van der Waals surface area contributed by atoms with E-state index in [9.17, 15) is 5.11 Å². The second kappa shape index (κ2) is 6.52. The molecule has 0 atom stereocenters. The third kappa shape index (κ3) is 3.36. The molecule has 20 heavy (non-hydrogen) atoms. The van der Waals surface area contributed by atoms with Gasteiger partial charge < -0.3 is 14.5 Å². The van der Waals surface area contributed by atoms with Gasteiger partial charge in [0.05, 0.1) is 0 Å². The van der Waals surface area contributed by atoms with Crippen LogP contribution in [0.5, 0.6) is 5.75 Å². The van der Waals surface area contributed by atoms with Crippen molar-refractivity contribution in [3.05, 3.63) is 29.6 Å². The SMILES string of the molecule is CCN(CC)CCc1noc(-c2ccc(O)cc2C)n1. The number of aryl methyl sites for hydroxylation is 1. The minimum atomic E-state index is 0.243.